The zero-order valence-electron chi connectivity index (χ0n) is 3.39. The molecule has 0 amide bonds. The predicted octanol–water partition coefficient (Wildman–Crippen LogP) is -0.964. The SMILES string of the molecule is O=S(=O)([O-])[O-].[Fe+3].[NH4+]. The summed E-state index contributed by atoms with van der Waals surface area (Å²) in [5.74, 6) is 0. The van der Waals surface area contributed by atoms with Crippen LogP contribution in [0.2, 0.25) is 0 Å². The Hall–Kier alpha value is 0.349. The first-order valence-corrected chi connectivity index (χ1v) is 2.00. The number of quaternary nitrogens is 1. The van der Waals surface area contributed by atoms with Crippen LogP contribution in [0.3, 0.4) is 0 Å². The maximum atomic E-state index is 8.52. The van der Waals surface area contributed by atoms with Crippen LogP contribution in [0.4, 0.5) is 0 Å². The van der Waals surface area contributed by atoms with Crippen LogP contribution >= 0.6 is 0 Å². The molecule has 0 spiro atoms. The quantitative estimate of drug-likeness (QED) is 0.286. The average Bonchev–Trinajstić information content (AvgIpc) is 0.722. The van der Waals surface area contributed by atoms with Crippen LogP contribution in [0, 0.1) is 0 Å². The summed E-state index contributed by atoms with van der Waals surface area (Å²) >= 11 is 0. The topological polar surface area (TPSA) is 117 Å². The third kappa shape index (κ3) is 983. The van der Waals surface area contributed by atoms with Crippen molar-refractivity contribution in [3.63, 3.8) is 0 Å². The van der Waals surface area contributed by atoms with Gasteiger partial charge in [0.15, 0.2) is 0 Å². The van der Waals surface area contributed by atoms with Crippen molar-refractivity contribution in [2.75, 3.05) is 0 Å². The van der Waals surface area contributed by atoms with Crippen molar-refractivity contribution in [2.24, 2.45) is 0 Å². The zero-order valence-corrected chi connectivity index (χ0v) is 5.32. The molecule has 0 aliphatic heterocycles. The predicted molar refractivity (Wildman–Crippen MR) is 16.5 cm³/mol. The van der Waals surface area contributed by atoms with E-state index in [-0.39, 0.29) is 23.2 Å². The fourth-order valence-corrected chi connectivity index (χ4v) is 0. The van der Waals surface area contributed by atoms with Crippen LogP contribution in [0.25, 0.3) is 0 Å². The second-order valence-electron chi connectivity index (χ2n) is 0.408. The second-order valence-corrected chi connectivity index (χ2v) is 1.22. The summed E-state index contributed by atoms with van der Waals surface area (Å²) in [6, 6.07) is 0. The summed E-state index contributed by atoms with van der Waals surface area (Å²) in [4.78, 5) is 0. The maximum absolute atomic E-state index is 8.52. The Morgan fingerprint density at radius 1 is 1.14 bits per heavy atom. The van der Waals surface area contributed by atoms with Gasteiger partial charge < -0.3 is 15.3 Å². The maximum Gasteiger partial charge on any atom is 3.00 e. The number of hydrogen-bond acceptors (Lipinski definition) is 4. The largest absolute Gasteiger partial charge is 3.00 e. The monoisotopic (exact) mass is 170 g/mol. The molecule has 7 heteroatoms. The van der Waals surface area contributed by atoms with E-state index in [1.165, 1.54) is 0 Å². The standard InChI is InChI=1S/Fe.H3N.H2O4S/c;;1-5(2,3)4/h;1H3;(H2,1,2,3,4)/q+3;;/p-1. The molecule has 0 aromatic carbocycles. The smallest absolute Gasteiger partial charge is 0.759 e. The molecule has 0 rings (SSSR count). The summed E-state index contributed by atoms with van der Waals surface area (Å²) in [6.07, 6.45) is 0. The summed E-state index contributed by atoms with van der Waals surface area (Å²) < 4.78 is 34.1. The van der Waals surface area contributed by atoms with E-state index in [4.69, 9.17) is 17.5 Å². The molecule has 0 unspecified atom stereocenters. The third-order valence-electron chi connectivity index (χ3n) is 0. The molecule has 0 aliphatic carbocycles. The second kappa shape index (κ2) is 4.51. The Balaban J connectivity index is -0.0000000800. The van der Waals surface area contributed by atoms with E-state index in [0.29, 0.717) is 0 Å². The Morgan fingerprint density at radius 3 is 1.14 bits per heavy atom. The average molecular weight is 170 g/mol. The Kier molecular flexibility index (Phi) is 10.1. The van der Waals surface area contributed by atoms with E-state index in [0.717, 1.165) is 0 Å². The van der Waals surface area contributed by atoms with E-state index >= 15 is 0 Å². The molecule has 0 aromatic heterocycles. The van der Waals surface area contributed by atoms with Gasteiger partial charge in [-0.3, -0.25) is 8.42 Å². The van der Waals surface area contributed by atoms with Gasteiger partial charge in [0, 0.05) is 10.4 Å². The molecule has 0 saturated heterocycles. The van der Waals surface area contributed by atoms with Crippen molar-refractivity contribution < 1.29 is 34.6 Å². The minimum absolute atomic E-state index is 0. The van der Waals surface area contributed by atoms with Gasteiger partial charge in [-0.05, 0) is 0 Å². The van der Waals surface area contributed by atoms with Crippen LogP contribution in [0.15, 0.2) is 0 Å². The van der Waals surface area contributed by atoms with Gasteiger partial charge in [-0.25, -0.2) is 0 Å². The van der Waals surface area contributed by atoms with Crippen LogP contribution in [0.5, 0.6) is 0 Å². The molecule has 0 aromatic rings. The first kappa shape index (κ1) is 15.7. The van der Waals surface area contributed by atoms with E-state index in [2.05, 4.69) is 0 Å². The summed E-state index contributed by atoms with van der Waals surface area (Å²) in [6.45, 7) is 0. The molecule has 0 atom stereocenters. The van der Waals surface area contributed by atoms with Crippen molar-refractivity contribution >= 4 is 10.4 Å². The van der Waals surface area contributed by atoms with Crippen molar-refractivity contribution in [1.29, 1.82) is 0 Å². The van der Waals surface area contributed by atoms with Gasteiger partial charge in [-0.2, -0.15) is 0 Å². The Bertz CT molecular complexity index is 94.9. The first-order valence-electron chi connectivity index (χ1n) is 0.667. The van der Waals surface area contributed by atoms with Gasteiger partial charge in [0.2, 0.25) is 0 Å². The third-order valence-corrected chi connectivity index (χ3v) is 0. The van der Waals surface area contributed by atoms with E-state index in [9.17, 15) is 0 Å². The van der Waals surface area contributed by atoms with Gasteiger partial charge in [0.25, 0.3) is 0 Å². The summed E-state index contributed by atoms with van der Waals surface area (Å²) in [7, 11) is -5.17. The van der Waals surface area contributed by atoms with Crippen molar-refractivity contribution in [2.45, 2.75) is 0 Å². The van der Waals surface area contributed by atoms with Gasteiger partial charge in [-0.1, -0.05) is 0 Å². The van der Waals surface area contributed by atoms with Crippen LogP contribution < -0.4 is 6.15 Å². The van der Waals surface area contributed by atoms with Gasteiger partial charge in [-0.15, -0.1) is 0 Å². The first-order chi connectivity index (χ1) is 2.00. The molecule has 0 aliphatic rings. The molecule has 0 bridgehead atoms. The van der Waals surface area contributed by atoms with Crippen molar-refractivity contribution in [3.8, 4) is 0 Å². The van der Waals surface area contributed by atoms with Crippen molar-refractivity contribution in [3.05, 3.63) is 0 Å². The van der Waals surface area contributed by atoms with E-state index in [1.807, 2.05) is 0 Å². The Labute approximate surface area is 51.7 Å². The fraction of sp³-hybridized carbons (Fsp3) is 0. The van der Waals surface area contributed by atoms with Crippen LogP contribution in [-0.2, 0) is 27.5 Å². The summed E-state index contributed by atoms with van der Waals surface area (Å²) in [5, 5.41) is 0. The Morgan fingerprint density at radius 2 is 1.14 bits per heavy atom. The molecular formula is H4FeNO4S+2. The van der Waals surface area contributed by atoms with Crippen molar-refractivity contribution in [1.82, 2.24) is 6.15 Å². The number of rotatable bonds is 0. The molecule has 45 valence electrons. The zero-order chi connectivity index (χ0) is 4.50. The number of hydrogen-bond donors (Lipinski definition) is 1. The van der Waals surface area contributed by atoms with Gasteiger partial charge in [0.05, 0.1) is 0 Å². The van der Waals surface area contributed by atoms with Crippen LogP contribution in [-0.4, -0.2) is 17.5 Å². The minimum Gasteiger partial charge on any atom is -0.759 e. The molecular weight excluding hydrogens is 166 g/mol. The minimum atomic E-state index is -5.17. The van der Waals surface area contributed by atoms with Gasteiger partial charge >= 0.3 is 17.1 Å². The molecule has 4 N–H and O–H groups in total. The molecule has 1 radical (unpaired) electrons. The summed E-state index contributed by atoms with van der Waals surface area (Å²) in [5.41, 5.74) is 0. The molecule has 5 nitrogen and oxygen atoms in total. The molecule has 7 heavy (non-hydrogen) atoms. The van der Waals surface area contributed by atoms with E-state index in [1.54, 1.807) is 0 Å². The molecule has 0 saturated carbocycles. The van der Waals surface area contributed by atoms with Crippen LogP contribution in [0.1, 0.15) is 0 Å². The fourth-order valence-electron chi connectivity index (χ4n) is 0. The van der Waals surface area contributed by atoms with E-state index < -0.39 is 10.4 Å². The normalized spacial score (nSPS) is 8.29. The molecule has 0 heterocycles. The van der Waals surface area contributed by atoms with Gasteiger partial charge in [0.1, 0.15) is 0 Å². The molecule has 0 fully saturated rings.